The molecule has 3 amide bonds. The van der Waals surface area contributed by atoms with Gasteiger partial charge in [-0.1, -0.05) is 31.4 Å². The predicted octanol–water partition coefficient (Wildman–Crippen LogP) is 3.08. The van der Waals surface area contributed by atoms with Gasteiger partial charge in [0.25, 0.3) is 0 Å². The number of hydrogen-bond donors (Lipinski definition) is 2. The fourth-order valence-electron chi connectivity index (χ4n) is 4.48. The van der Waals surface area contributed by atoms with E-state index in [1.165, 1.54) is 25.3 Å². The summed E-state index contributed by atoms with van der Waals surface area (Å²) in [6.07, 6.45) is 7.56. The molecule has 0 atom stereocenters. The van der Waals surface area contributed by atoms with Crippen molar-refractivity contribution in [1.82, 2.24) is 15.5 Å². The van der Waals surface area contributed by atoms with Crippen molar-refractivity contribution in [3.8, 4) is 0 Å². The fraction of sp³-hybridized carbons (Fsp3) is 0.625. The van der Waals surface area contributed by atoms with Gasteiger partial charge in [-0.15, -0.1) is 0 Å². The first-order chi connectivity index (χ1) is 14.9. The number of nitrogens with zero attached hydrogens (tertiary/aromatic N) is 1. The van der Waals surface area contributed by atoms with Crippen molar-refractivity contribution in [3.63, 3.8) is 0 Å². The SMILES string of the molecule is Cc1ccc(CNC(=O)C2CCN(C(=O)CNC(=O)CC3CCCCC3)CC2)cc1F. The summed E-state index contributed by atoms with van der Waals surface area (Å²) in [5, 5.41) is 5.64. The van der Waals surface area contributed by atoms with Crippen molar-refractivity contribution in [2.24, 2.45) is 11.8 Å². The first kappa shape index (κ1) is 23.2. The molecule has 1 aromatic carbocycles. The van der Waals surface area contributed by atoms with Gasteiger partial charge in [-0.05, 0) is 55.7 Å². The number of nitrogens with one attached hydrogen (secondary N) is 2. The van der Waals surface area contributed by atoms with Crippen LogP contribution in [0, 0.1) is 24.6 Å². The molecule has 1 heterocycles. The smallest absolute Gasteiger partial charge is 0.241 e. The van der Waals surface area contributed by atoms with Crippen LogP contribution in [-0.4, -0.2) is 42.3 Å². The van der Waals surface area contributed by atoms with E-state index in [2.05, 4.69) is 10.6 Å². The van der Waals surface area contributed by atoms with Crippen LogP contribution in [0.3, 0.4) is 0 Å². The number of hydrogen-bond acceptors (Lipinski definition) is 3. The van der Waals surface area contributed by atoms with Crippen LogP contribution in [0.5, 0.6) is 0 Å². The minimum atomic E-state index is -0.274. The monoisotopic (exact) mass is 431 g/mol. The number of amides is 3. The lowest BCUT2D eigenvalue weighted by atomic mass is 9.87. The van der Waals surface area contributed by atoms with Gasteiger partial charge < -0.3 is 15.5 Å². The van der Waals surface area contributed by atoms with Crippen LogP contribution in [-0.2, 0) is 20.9 Å². The molecule has 1 aromatic rings. The lowest BCUT2D eigenvalue weighted by Gasteiger charge is -2.31. The number of benzene rings is 1. The van der Waals surface area contributed by atoms with E-state index in [1.54, 1.807) is 17.9 Å². The highest BCUT2D eigenvalue weighted by Crippen LogP contribution is 2.26. The van der Waals surface area contributed by atoms with Crippen LogP contribution in [0.15, 0.2) is 18.2 Å². The third-order valence-electron chi connectivity index (χ3n) is 6.56. The molecule has 1 aliphatic carbocycles. The van der Waals surface area contributed by atoms with Crippen molar-refractivity contribution < 1.29 is 18.8 Å². The van der Waals surface area contributed by atoms with Crippen LogP contribution in [0.2, 0.25) is 0 Å². The van der Waals surface area contributed by atoms with Gasteiger partial charge in [0.1, 0.15) is 5.82 Å². The maximum Gasteiger partial charge on any atom is 0.241 e. The summed E-state index contributed by atoms with van der Waals surface area (Å²) >= 11 is 0. The third kappa shape index (κ3) is 7.04. The van der Waals surface area contributed by atoms with E-state index in [1.807, 2.05) is 6.07 Å². The first-order valence-corrected chi connectivity index (χ1v) is 11.5. The Labute approximate surface area is 183 Å². The molecule has 2 fully saturated rings. The van der Waals surface area contributed by atoms with Crippen LogP contribution in [0.25, 0.3) is 0 Å². The van der Waals surface area contributed by atoms with E-state index in [-0.39, 0.29) is 36.0 Å². The number of aryl methyl sites for hydroxylation is 1. The molecule has 170 valence electrons. The second-order valence-corrected chi connectivity index (χ2v) is 8.94. The maximum absolute atomic E-state index is 13.6. The van der Waals surface area contributed by atoms with Gasteiger partial charge in [-0.2, -0.15) is 0 Å². The van der Waals surface area contributed by atoms with Gasteiger partial charge in [-0.25, -0.2) is 4.39 Å². The van der Waals surface area contributed by atoms with Gasteiger partial charge in [0, 0.05) is 32.0 Å². The largest absolute Gasteiger partial charge is 0.352 e. The van der Waals surface area contributed by atoms with Crippen molar-refractivity contribution in [2.45, 2.75) is 64.8 Å². The Balaban J connectivity index is 1.34. The quantitative estimate of drug-likeness (QED) is 0.696. The molecule has 1 saturated carbocycles. The molecule has 2 aliphatic rings. The molecule has 1 aliphatic heterocycles. The Bertz CT molecular complexity index is 784. The summed E-state index contributed by atoms with van der Waals surface area (Å²) in [7, 11) is 0. The molecule has 1 saturated heterocycles. The zero-order valence-corrected chi connectivity index (χ0v) is 18.4. The topological polar surface area (TPSA) is 78.5 Å². The van der Waals surface area contributed by atoms with Crippen molar-refractivity contribution in [1.29, 1.82) is 0 Å². The molecular formula is C24H34FN3O3. The minimum Gasteiger partial charge on any atom is -0.352 e. The Morgan fingerprint density at radius 1 is 1.03 bits per heavy atom. The summed E-state index contributed by atoms with van der Waals surface area (Å²) < 4.78 is 13.6. The Kier molecular flexibility index (Phi) is 8.43. The molecule has 0 radical (unpaired) electrons. The number of piperidine rings is 1. The van der Waals surface area contributed by atoms with Gasteiger partial charge in [0.05, 0.1) is 6.54 Å². The second kappa shape index (κ2) is 11.3. The molecule has 0 spiro atoms. The predicted molar refractivity (Wildman–Crippen MR) is 116 cm³/mol. The standard InChI is InChI=1S/C24H34FN3O3/c1-17-7-8-19(13-21(17)25)15-27-24(31)20-9-11-28(12-10-20)23(30)16-26-22(29)14-18-5-3-2-4-6-18/h7-8,13,18,20H,2-6,9-12,14-16H2,1H3,(H,26,29)(H,27,31). The summed E-state index contributed by atoms with van der Waals surface area (Å²) in [6, 6.07) is 4.96. The molecule has 31 heavy (non-hydrogen) atoms. The minimum absolute atomic E-state index is 0.0292. The van der Waals surface area contributed by atoms with Crippen molar-refractivity contribution in [2.75, 3.05) is 19.6 Å². The lowest BCUT2D eigenvalue weighted by molar-refractivity contribution is -0.136. The maximum atomic E-state index is 13.6. The highest BCUT2D eigenvalue weighted by molar-refractivity contribution is 5.85. The van der Waals surface area contributed by atoms with Gasteiger partial charge in [0.2, 0.25) is 17.7 Å². The third-order valence-corrected chi connectivity index (χ3v) is 6.56. The average Bonchev–Trinajstić information content (AvgIpc) is 2.79. The normalized spacial score (nSPS) is 17.9. The van der Waals surface area contributed by atoms with E-state index in [0.29, 0.717) is 50.4 Å². The molecule has 3 rings (SSSR count). The molecule has 7 heteroatoms. The molecule has 2 N–H and O–H groups in total. The summed E-state index contributed by atoms with van der Waals surface area (Å²) in [5.74, 6) is -0.166. The number of likely N-dealkylation sites (tertiary alicyclic amines) is 1. The lowest BCUT2D eigenvalue weighted by Crippen LogP contribution is -2.46. The average molecular weight is 432 g/mol. The van der Waals surface area contributed by atoms with Gasteiger partial charge in [-0.3, -0.25) is 14.4 Å². The Morgan fingerprint density at radius 2 is 1.74 bits per heavy atom. The van der Waals surface area contributed by atoms with E-state index in [9.17, 15) is 18.8 Å². The van der Waals surface area contributed by atoms with Crippen molar-refractivity contribution >= 4 is 17.7 Å². The number of carbonyl (C=O) groups is 3. The summed E-state index contributed by atoms with van der Waals surface area (Å²) in [4.78, 5) is 38.7. The van der Waals surface area contributed by atoms with E-state index in [4.69, 9.17) is 0 Å². The highest BCUT2D eigenvalue weighted by atomic mass is 19.1. The van der Waals surface area contributed by atoms with Crippen LogP contribution in [0.4, 0.5) is 4.39 Å². The molecule has 6 nitrogen and oxygen atoms in total. The van der Waals surface area contributed by atoms with Crippen LogP contribution in [0.1, 0.15) is 62.5 Å². The summed E-state index contributed by atoms with van der Waals surface area (Å²) in [6.45, 7) is 3.04. The van der Waals surface area contributed by atoms with Gasteiger partial charge >= 0.3 is 0 Å². The summed E-state index contributed by atoms with van der Waals surface area (Å²) in [5.41, 5.74) is 1.31. The molecular weight excluding hydrogens is 397 g/mol. The zero-order valence-electron chi connectivity index (χ0n) is 18.4. The highest BCUT2D eigenvalue weighted by Gasteiger charge is 2.27. The Morgan fingerprint density at radius 3 is 2.42 bits per heavy atom. The van der Waals surface area contributed by atoms with Gasteiger partial charge in [0.15, 0.2) is 0 Å². The van der Waals surface area contributed by atoms with E-state index < -0.39 is 0 Å². The first-order valence-electron chi connectivity index (χ1n) is 11.5. The fourth-order valence-corrected chi connectivity index (χ4v) is 4.48. The number of rotatable bonds is 7. The van der Waals surface area contributed by atoms with E-state index >= 15 is 0 Å². The van der Waals surface area contributed by atoms with E-state index in [0.717, 1.165) is 18.4 Å². The zero-order chi connectivity index (χ0) is 22.2. The molecule has 0 unspecified atom stereocenters. The van der Waals surface area contributed by atoms with Crippen molar-refractivity contribution in [3.05, 3.63) is 35.1 Å². The number of carbonyl (C=O) groups excluding carboxylic acids is 3. The Hall–Kier alpha value is -2.44. The number of halogens is 1. The second-order valence-electron chi connectivity index (χ2n) is 8.94. The molecule has 0 aromatic heterocycles. The van der Waals surface area contributed by atoms with Crippen LogP contribution >= 0.6 is 0 Å². The molecule has 0 bridgehead atoms. The van der Waals surface area contributed by atoms with Crippen LogP contribution < -0.4 is 10.6 Å².